The second kappa shape index (κ2) is 5.27. The highest BCUT2D eigenvalue weighted by atomic mass is 16.2. The maximum absolute atomic E-state index is 12.6. The molecule has 2 aliphatic heterocycles. The second-order valence-corrected chi connectivity index (χ2v) is 5.40. The number of fused-ring (bicyclic) bond motifs is 1. The van der Waals surface area contributed by atoms with Crippen LogP contribution in [0.25, 0.3) is 0 Å². The van der Waals surface area contributed by atoms with Gasteiger partial charge in [0.05, 0.1) is 5.56 Å². The first-order chi connectivity index (χ1) is 9.25. The summed E-state index contributed by atoms with van der Waals surface area (Å²) in [6, 6.07) is 0.117. The Morgan fingerprint density at radius 1 is 1.47 bits per heavy atom. The summed E-state index contributed by atoms with van der Waals surface area (Å²) in [4.78, 5) is 18.7. The molecule has 0 saturated carbocycles. The van der Waals surface area contributed by atoms with E-state index in [0.717, 1.165) is 55.6 Å². The Kier molecular flexibility index (Phi) is 3.48. The minimum Gasteiger partial charge on any atom is -0.337 e. The van der Waals surface area contributed by atoms with Gasteiger partial charge in [0, 0.05) is 38.1 Å². The van der Waals surface area contributed by atoms with E-state index in [-0.39, 0.29) is 11.9 Å². The lowest BCUT2D eigenvalue weighted by atomic mass is 9.96. The van der Waals surface area contributed by atoms with Crippen molar-refractivity contribution < 1.29 is 4.79 Å². The van der Waals surface area contributed by atoms with Gasteiger partial charge in [-0.3, -0.25) is 9.78 Å². The molecule has 102 valence electrons. The summed E-state index contributed by atoms with van der Waals surface area (Å²) in [5, 5.41) is 3.31. The maximum atomic E-state index is 12.6. The summed E-state index contributed by atoms with van der Waals surface area (Å²) in [7, 11) is 0. The zero-order valence-electron chi connectivity index (χ0n) is 11.1. The monoisotopic (exact) mass is 260 g/mol. The largest absolute Gasteiger partial charge is 0.337 e. The molecule has 2 aliphatic rings. The van der Waals surface area contributed by atoms with Gasteiger partial charge < -0.3 is 16.0 Å². The van der Waals surface area contributed by atoms with Crippen LogP contribution >= 0.6 is 0 Å². The van der Waals surface area contributed by atoms with E-state index in [2.05, 4.69) is 10.3 Å². The van der Waals surface area contributed by atoms with Gasteiger partial charge in [-0.1, -0.05) is 0 Å². The first-order valence-corrected chi connectivity index (χ1v) is 6.97. The molecule has 5 heteroatoms. The Morgan fingerprint density at radius 2 is 2.37 bits per heavy atom. The average molecular weight is 260 g/mol. The summed E-state index contributed by atoms with van der Waals surface area (Å²) in [5.74, 6) is 0.0985. The number of likely N-dealkylation sites (tertiary alicyclic amines) is 1. The first-order valence-electron chi connectivity index (χ1n) is 6.97. The molecule has 1 aromatic heterocycles. The average Bonchev–Trinajstić information content (AvgIpc) is 2.46. The number of rotatable bonds is 1. The maximum Gasteiger partial charge on any atom is 0.255 e. The van der Waals surface area contributed by atoms with Crippen LogP contribution in [0.5, 0.6) is 0 Å². The van der Waals surface area contributed by atoms with E-state index in [4.69, 9.17) is 5.73 Å². The highest BCUT2D eigenvalue weighted by molar-refractivity contribution is 5.95. The van der Waals surface area contributed by atoms with Crippen molar-refractivity contribution in [2.75, 3.05) is 19.6 Å². The fourth-order valence-electron chi connectivity index (χ4n) is 2.96. The molecular weight excluding hydrogens is 240 g/mol. The summed E-state index contributed by atoms with van der Waals surface area (Å²) in [6.45, 7) is 3.22. The minimum atomic E-state index is 0.0985. The number of aromatic nitrogens is 1. The number of piperidine rings is 1. The number of pyridine rings is 1. The van der Waals surface area contributed by atoms with Crippen molar-refractivity contribution in [2.24, 2.45) is 5.73 Å². The minimum absolute atomic E-state index is 0.0985. The van der Waals surface area contributed by atoms with Crippen LogP contribution in [-0.2, 0) is 13.0 Å². The van der Waals surface area contributed by atoms with Gasteiger partial charge in [0.15, 0.2) is 0 Å². The molecule has 1 fully saturated rings. The van der Waals surface area contributed by atoms with Crippen LogP contribution < -0.4 is 11.1 Å². The van der Waals surface area contributed by atoms with Crippen molar-refractivity contribution in [3.8, 4) is 0 Å². The summed E-state index contributed by atoms with van der Waals surface area (Å²) >= 11 is 0. The van der Waals surface area contributed by atoms with Crippen LogP contribution in [0.4, 0.5) is 0 Å². The van der Waals surface area contributed by atoms with Gasteiger partial charge in [0.25, 0.3) is 5.91 Å². The lowest BCUT2D eigenvalue weighted by Crippen LogP contribution is -2.46. The van der Waals surface area contributed by atoms with E-state index in [1.54, 1.807) is 6.20 Å². The van der Waals surface area contributed by atoms with Gasteiger partial charge in [0.1, 0.15) is 0 Å². The number of carbonyl (C=O) groups is 1. The lowest BCUT2D eigenvalue weighted by molar-refractivity contribution is 0.0707. The Balaban J connectivity index is 1.87. The highest BCUT2D eigenvalue weighted by Gasteiger charge is 2.25. The van der Waals surface area contributed by atoms with Gasteiger partial charge in [-0.2, -0.15) is 0 Å². The van der Waals surface area contributed by atoms with Gasteiger partial charge in [0.2, 0.25) is 0 Å². The number of hydrogen-bond donors (Lipinski definition) is 2. The fourth-order valence-corrected chi connectivity index (χ4v) is 2.96. The second-order valence-electron chi connectivity index (χ2n) is 5.40. The fraction of sp³-hybridized carbons (Fsp3) is 0.571. The van der Waals surface area contributed by atoms with Gasteiger partial charge in [-0.05, 0) is 36.9 Å². The van der Waals surface area contributed by atoms with E-state index in [9.17, 15) is 4.79 Å². The van der Waals surface area contributed by atoms with Crippen molar-refractivity contribution in [1.29, 1.82) is 0 Å². The summed E-state index contributed by atoms with van der Waals surface area (Å²) in [5.41, 5.74) is 9.05. The molecule has 0 aromatic carbocycles. The molecule has 1 aromatic rings. The molecule has 3 heterocycles. The standard InChI is InChI=1S/C14H20N4O/c15-11-2-1-5-18(9-11)14(19)13-8-17-7-10-6-16-4-3-12(10)13/h7-8,11,16H,1-6,9,15H2. The molecule has 1 amide bonds. The zero-order valence-corrected chi connectivity index (χ0v) is 11.1. The molecular formula is C14H20N4O. The molecule has 0 bridgehead atoms. The lowest BCUT2D eigenvalue weighted by Gasteiger charge is -2.31. The van der Waals surface area contributed by atoms with E-state index < -0.39 is 0 Å². The van der Waals surface area contributed by atoms with Gasteiger partial charge in [-0.15, -0.1) is 0 Å². The van der Waals surface area contributed by atoms with Crippen LogP contribution in [0, 0.1) is 0 Å². The topological polar surface area (TPSA) is 71.2 Å². The number of nitrogens with one attached hydrogen (secondary N) is 1. The first kappa shape index (κ1) is 12.6. The van der Waals surface area contributed by atoms with Crippen molar-refractivity contribution in [1.82, 2.24) is 15.2 Å². The summed E-state index contributed by atoms with van der Waals surface area (Å²) < 4.78 is 0. The number of nitrogens with zero attached hydrogens (tertiary/aromatic N) is 2. The third-order valence-corrected chi connectivity index (χ3v) is 3.99. The van der Waals surface area contributed by atoms with Crippen molar-refractivity contribution in [3.63, 3.8) is 0 Å². The van der Waals surface area contributed by atoms with Crippen LogP contribution in [0.1, 0.15) is 34.3 Å². The Hall–Kier alpha value is -1.46. The molecule has 0 aliphatic carbocycles. The van der Waals surface area contributed by atoms with E-state index >= 15 is 0 Å². The van der Waals surface area contributed by atoms with Crippen LogP contribution in [0.2, 0.25) is 0 Å². The molecule has 3 N–H and O–H groups in total. The molecule has 19 heavy (non-hydrogen) atoms. The molecule has 1 atom stereocenters. The molecule has 0 radical (unpaired) electrons. The molecule has 3 rings (SSSR count). The molecule has 1 saturated heterocycles. The molecule has 5 nitrogen and oxygen atoms in total. The predicted octanol–water partition coefficient (Wildman–Crippen LogP) is 0.291. The number of nitrogens with two attached hydrogens (primary N) is 1. The Bertz CT molecular complexity index is 488. The van der Waals surface area contributed by atoms with Crippen molar-refractivity contribution >= 4 is 5.91 Å². The van der Waals surface area contributed by atoms with E-state index in [1.165, 1.54) is 0 Å². The van der Waals surface area contributed by atoms with Crippen molar-refractivity contribution in [3.05, 3.63) is 29.1 Å². The van der Waals surface area contributed by atoms with Gasteiger partial charge >= 0.3 is 0 Å². The summed E-state index contributed by atoms with van der Waals surface area (Å²) in [6.07, 6.45) is 6.49. The normalized spacial score (nSPS) is 23.0. The van der Waals surface area contributed by atoms with Crippen LogP contribution in [0.15, 0.2) is 12.4 Å². The van der Waals surface area contributed by atoms with Crippen molar-refractivity contribution in [2.45, 2.75) is 31.8 Å². The molecule has 1 unspecified atom stereocenters. The highest BCUT2D eigenvalue weighted by Crippen LogP contribution is 2.20. The third kappa shape index (κ3) is 2.48. The Morgan fingerprint density at radius 3 is 3.21 bits per heavy atom. The number of amides is 1. The van der Waals surface area contributed by atoms with E-state index in [0.29, 0.717) is 6.54 Å². The number of carbonyl (C=O) groups excluding carboxylic acids is 1. The SMILES string of the molecule is NC1CCCN(C(=O)c2cncc3c2CCNC3)C1. The predicted molar refractivity (Wildman–Crippen MR) is 72.8 cm³/mol. The molecule has 0 spiro atoms. The van der Waals surface area contributed by atoms with Crippen LogP contribution in [-0.4, -0.2) is 41.5 Å². The zero-order chi connectivity index (χ0) is 13.2. The quantitative estimate of drug-likeness (QED) is 0.761. The van der Waals surface area contributed by atoms with Gasteiger partial charge in [-0.25, -0.2) is 0 Å². The third-order valence-electron chi connectivity index (χ3n) is 3.99. The van der Waals surface area contributed by atoms with Crippen LogP contribution in [0.3, 0.4) is 0 Å². The van der Waals surface area contributed by atoms with E-state index in [1.807, 2.05) is 11.1 Å². The number of hydrogen-bond acceptors (Lipinski definition) is 4. The smallest absolute Gasteiger partial charge is 0.255 e. The Labute approximate surface area is 113 Å².